The number of carbonyl (C=O) groups is 2. The predicted molar refractivity (Wildman–Crippen MR) is 78.9 cm³/mol. The molecule has 1 atom stereocenters. The van der Waals surface area contributed by atoms with Crippen molar-refractivity contribution < 1.29 is 14.0 Å². The third kappa shape index (κ3) is 3.53. The molecule has 20 heavy (non-hydrogen) atoms. The summed E-state index contributed by atoms with van der Waals surface area (Å²) in [6.07, 6.45) is -0.569. The average molecular weight is 278 g/mol. The Bertz CT molecular complexity index is 512. The van der Waals surface area contributed by atoms with E-state index in [1.165, 1.54) is 0 Å². The molecule has 0 radical (unpaired) electrons. The molecule has 0 N–H and O–H groups in total. The van der Waals surface area contributed by atoms with E-state index in [-0.39, 0.29) is 0 Å². The highest BCUT2D eigenvalue weighted by molar-refractivity contribution is 6.15. The zero-order valence-electron chi connectivity index (χ0n) is 12.9. The second-order valence-corrected chi connectivity index (χ2v) is 6.04. The maximum atomic E-state index is 14.2. The van der Waals surface area contributed by atoms with E-state index < -0.39 is 23.2 Å². The first kappa shape index (κ1) is 16.5. The van der Waals surface area contributed by atoms with Gasteiger partial charge in [-0.2, -0.15) is 0 Å². The normalized spacial score (nSPS) is 13.1. The minimum atomic E-state index is -2.08. The third-order valence-electron chi connectivity index (χ3n) is 3.42. The minimum absolute atomic E-state index is 0.329. The molecule has 0 aliphatic rings. The van der Waals surface area contributed by atoms with Crippen LogP contribution in [0, 0.1) is 5.41 Å². The molecule has 3 heteroatoms. The molecule has 0 aromatic heterocycles. The van der Waals surface area contributed by atoms with E-state index in [9.17, 15) is 14.0 Å². The van der Waals surface area contributed by atoms with Crippen molar-refractivity contribution in [1.29, 1.82) is 0 Å². The van der Waals surface area contributed by atoms with Crippen molar-refractivity contribution >= 4 is 11.6 Å². The van der Waals surface area contributed by atoms with Gasteiger partial charge in [0.15, 0.2) is 5.78 Å². The number of benzene rings is 1. The summed E-state index contributed by atoms with van der Waals surface area (Å²) in [4.78, 5) is 24.1. The van der Waals surface area contributed by atoms with Crippen molar-refractivity contribution in [3.8, 4) is 0 Å². The molecule has 1 unspecified atom stereocenters. The van der Waals surface area contributed by atoms with E-state index in [1.54, 1.807) is 26.8 Å². The Morgan fingerprint density at radius 2 is 1.75 bits per heavy atom. The number of carbonyl (C=O) groups excluding carboxylic acids is 2. The van der Waals surface area contributed by atoms with Crippen LogP contribution in [0.2, 0.25) is 0 Å². The second kappa shape index (κ2) is 6.29. The lowest BCUT2D eigenvalue weighted by Gasteiger charge is -2.19. The Morgan fingerprint density at radius 3 is 2.20 bits per heavy atom. The van der Waals surface area contributed by atoms with Crippen LogP contribution in [0.25, 0.3) is 0 Å². The zero-order chi connectivity index (χ0) is 15.5. The van der Waals surface area contributed by atoms with Crippen LogP contribution in [0.1, 0.15) is 56.1 Å². The molecule has 0 aliphatic carbocycles. The largest absolute Gasteiger partial charge is 0.295 e. The summed E-state index contributed by atoms with van der Waals surface area (Å²) in [7, 11) is 0. The lowest BCUT2D eigenvalue weighted by Crippen LogP contribution is -2.35. The highest BCUT2D eigenvalue weighted by atomic mass is 19.1. The molecular weight excluding hydrogens is 255 g/mol. The maximum absolute atomic E-state index is 14.2. The summed E-state index contributed by atoms with van der Waals surface area (Å²) in [6, 6.07) is 5.38. The van der Waals surface area contributed by atoms with Gasteiger partial charge in [-0.05, 0) is 24.0 Å². The summed E-state index contributed by atoms with van der Waals surface area (Å²) < 4.78 is 14.2. The number of alkyl halides is 1. The van der Waals surface area contributed by atoms with Crippen LogP contribution in [0.4, 0.5) is 4.39 Å². The van der Waals surface area contributed by atoms with E-state index in [0.29, 0.717) is 12.0 Å². The van der Waals surface area contributed by atoms with Gasteiger partial charge in [0, 0.05) is 11.0 Å². The van der Waals surface area contributed by atoms with Crippen molar-refractivity contribution in [3.63, 3.8) is 0 Å². The molecule has 0 heterocycles. The Kier molecular flexibility index (Phi) is 5.21. The van der Waals surface area contributed by atoms with Crippen LogP contribution in [0.3, 0.4) is 0 Å². The average Bonchev–Trinajstić information content (AvgIpc) is 2.43. The van der Waals surface area contributed by atoms with Crippen LogP contribution in [0.5, 0.6) is 0 Å². The Hall–Kier alpha value is -1.51. The van der Waals surface area contributed by atoms with Crippen molar-refractivity contribution in [2.45, 2.75) is 53.6 Å². The molecule has 1 aromatic carbocycles. The highest BCUT2D eigenvalue weighted by Crippen LogP contribution is 2.23. The predicted octanol–water partition coefficient (Wildman–Crippen LogP) is 3.95. The van der Waals surface area contributed by atoms with Gasteiger partial charge in [0.05, 0.1) is 0 Å². The molecule has 0 aliphatic heterocycles. The van der Waals surface area contributed by atoms with Gasteiger partial charge in [-0.15, -0.1) is 0 Å². The first-order valence-corrected chi connectivity index (χ1v) is 7.06. The number of hydrogen-bond acceptors (Lipinski definition) is 2. The highest BCUT2D eigenvalue weighted by Gasteiger charge is 2.35. The van der Waals surface area contributed by atoms with Gasteiger partial charge in [0.1, 0.15) is 0 Å². The van der Waals surface area contributed by atoms with E-state index in [1.807, 2.05) is 26.0 Å². The van der Waals surface area contributed by atoms with Crippen LogP contribution >= 0.6 is 0 Å². The van der Waals surface area contributed by atoms with Gasteiger partial charge in [0.2, 0.25) is 12.0 Å². The van der Waals surface area contributed by atoms with Crippen LogP contribution in [-0.2, 0) is 17.6 Å². The zero-order valence-corrected chi connectivity index (χ0v) is 12.9. The molecule has 0 spiro atoms. The second-order valence-electron chi connectivity index (χ2n) is 6.04. The first-order chi connectivity index (χ1) is 9.22. The topological polar surface area (TPSA) is 34.1 Å². The van der Waals surface area contributed by atoms with Gasteiger partial charge in [0.25, 0.3) is 0 Å². The number of rotatable bonds is 5. The SMILES string of the molecule is CCc1ccc(C(=O)C(F)C(=O)C(C)(C)C)c(CC)c1. The standard InChI is InChI=1S/C17H23FO2/c1-6-11-8-9-13(12(7-2)10-11)15(19)14(18)16(20)17(3,4)5/h8-10,14H,6-7H2,1-5H3. The number of Topliss-reactive ketones (excluding diaryl/α,β-unsaturated/α-hetero) is 2. The molecule has 0 saturated heterocycles. The van der Waals surface area contributed by atoms with Crippen LogP contribution in [0.15, 0.2) is 18.2 Å². The number of aryl methyl sites for hydroxylation is 2. The van der Waals surface area contributed by atoms with Gasteiger partial charge in [-0.3, -0.25) is 9.59 Å². The van der Waals surface area contributed by atoms with Gasteiger partial charge in [-0.1, -0.05) is 52.8 Å². The Morgan fingerprint density at radius 1 is 1.15 bits per heavy atom. The van der Waals surface area contributed by atoms with Crippen molar-refractivity contribution in [2.24, 2.45) is 5.41 Å². The van der Waals surface area contributed by atoms with Gasteiger partial charge in [-0.25, -0.2) is 4.39 Å². The number of halogens is 1. The van der Waals surface area contributed by atoms with Crippen molar-refractivity contribution in [2.75, 3.05) is 0 Å². The van der Waals surface area contributed by atoms with E-state index in [0.717, 1.165) is 17.5 Å². The van der Waals surface area contributed by atoms with Crippen molar-refractivity contribution in [3.05, 3.63) is 34.9 Å². The van der Waals surface area contributed by atoms with Gasteiger partial charge < -0.3 is 0 Å². The summed E-state index contributed by atoms with van der Waals surface area (Å²) in [5.41, 5.74) is 1.38. The molecule has 0 saturated carbocycles. The molecule has 1 aromatic rings. The monoisotopic (exact) mass is 278 g/mol. The summed E-state index contributed by atoms with van der Waals surface area (Å²) in [6.45, 7) is 8.81. The maximum Gasteiger partial charge on any atom is 0.221 e. The van der Waals surface area contributed by atoms with E-state index >= 15 is 0 Å². The fourth-order valence-electron chi connectivity index (χ4n) is 2.04. The van der Waals surface area contributed by atoms with E-state index in [2.05, 4.69) is 0 Å². The van der Waals surface area contributed by atoms with Crippen LogP contribution in [-0.4, -0.2) is 17.7 Å². The molecule has 1 rings (SSSR count). The van der Waals surface area contributed by atoms with Crippen molar-refractivity contribution in [1.82, 2.24) is 0 Å². The third-order valence-corrected chi connectivity index (χ3v) is 3.42. The fraction of sp³-hybridized carbons (Fsp3) is 0.529. The summed E-state index contributed by atoms with van der Waals surface area (Å²) in [5.74, 6) is -1.38. The lowest BCUT2D eigenvalue weighted by molar-refractivity contribution is -0.129. The molecule has 110 valence electrons. The Labute approximate surface area is 120 Å². The lowest BCUT2D eigenvalue weighted by atomic mass is 9.85. The fourth-order valence-corrected chi connectivity index (χ4v) is 2.04. The van der Waals surface area contributed by atoms with Gasteiger partial charge >= 0.3 is 0 Å². The molecular formula is C17H23FO2. The number of hydrogen-bond donors (Lipinski definition) is 0. The number of ketones is 2. The molecule has 0 fully saturated rings. The van der Waals surface area contributed by atoms with E-state index in [4.69, 9.17) is 0 Å². The quantitative estimate of drug-likeness (QED) is 0.603. The minimum Gasteiger partial charge on any atom is -0.295 e. The molecule has 0 amide bonds. The van der Waals surface area contributed by atoms with Crippen LogP contribution < -0.4 is 0 Å². The summed E-state index contributed by atoms with van der Waals surface area (Å²) in [5, 5.41) is 0. The molecule has 2 nitrogen and oxygen atoms in total. The Balaban J connectivity index is 3.12. The first-order valence-electron chi connectivity index (χ1n) is 7.06. The summed E-state index contributed by atoms with van der Waals surface area (Å²) >= 11 is 0. The smallest absolute Gasteiger partial charge is 0.221 e. The molecule has 0 bridgehead atoms.